The molecule has 0 saturated heterocycles. The molecule has 7 heteroatoms. The number of nitro groups is 1. The van der Waals surface area contributed by atoms with Crippen LogP contribution in [0.25, 0.3) is 6.08 Å². The first kappa shape index (κ1) is 16.3. The number of anilines is 1. The zero-order chi connectivity index (χ0) is 16.8. The van der Waals surface area contributed by atoms with Crippen LogP contribution >= 0.6 is 0 Å². The molecule has 0 aliphatic heterocycles. The summed E-state index contributed by atoms with van der Waals surface area (Å²) in [5, 5.41) is 13.6. The van der Waals surface area contributed by atoms with Gasteiger partial charge in [0.05, 0.1) is 17.6 Å². The van der Waals surface area contributed by atoms with Gasteiger partial charge in [0.15, 0.2) is 0 Å². The summed E-state index contributed by atoms with van der Waals surface area (Å²) in [4.78, 5) is 22.4. The standard InChI is InChI=1S/C16H16N2O5/c1-3-22-13-6-8-14(15(10-13)18(20)21)17-16(19)9-7-12-5-4-11(2)23-12/h4-10H,3H2,1-2H3,(H,17,19). The fourth-order valence-electron chi connectivity index (χ4n) is 1.90. The average Bonchev–Trinajstić information content (AvgIpc) is 2.92. The lowest BCUT2D eigenvalue weighted by Gasteiger charge is -2.06. The van der Waals surface area contributed by atoms with Crippen LogP contribution in [-0.4, -0.2) is 17.4 Å². The number of carbonyl (C=O) groups excluding carboxylic acids is 1. The molecule has 1 aromatic heterocycles. The Labute approximate surface area is 132 Å². The molecule has 0 fully saturated rings. The Morgan fingerprint density at radius 1 is 1.39 bits per heavy atom. The number of nitro benzene ring substituents is 1. The number of nitrogens with one attached hydrogen (secondary N) is 1. The number of rotatable bonds is 6. The molecule has 2 rings (SSSR count). The Balaban J connectivity index is 2.13. The van der Waals surface area contributed by atoms with Crippen molar-refractivity contribution < 1.29 is 18.9 Å². The molecule has 1 heterocycles. The van der Waals surface area contributed by atoms with Crippen LogP contribution < -0.4 is 10.1 Å². The maximum atomic E-state index is 11.9. The highest BCUT2D eigenvalue weighted by molar-refractivity contribution is 6.03. The van der Waals surface area contributed by atoms with E-state index in [0.29, 0.717) is 18.1 Å². The number of carbonyl (C=O) groups is 1. The normalized spacial score (nSPS) is 10.7. The van der Waals surface area contributed by atoms with Gasteiger partial charge in [-0.05, 0) is 44.2 Å². The first-order chi connectivity index (χ1) is 11.0. The van der Waals surface area contributed by atoms with Gasteiger partial charge in [0.25, 0.3) is 5.69 Å². The Hall–Kier alpha value is -3.09. The van der Waals surface area contributed by atoms with Crippen LogP contribution in [0.2, 0.25) is 0 Å². The van der Waals surface area contributed by atoms with E-state index in [-0.39, 0.29) is 11.4 Å². The van der Waals surface area contributed by atoms with Crippen molar-refractivity contribution in [1.82, 2.24) is 0 Å². The fourth-order valence-corrected chi connectivity index (χ4v) is 1.90. The molecule has 0 radical (unpaired) electrons. The molecule has 0 spiro atoms. The summed E-state index contributed by atoms with van der Waals surface area (Å²) in [5.74, 6) is 1.14. The van der Waals surface area contributed by atoms with Gasteiger partial charge in [-0.15, -0.1) is 0 Å². The Bertz CT molecular complexity index is 749. The highest BCUT2D eigenvalue weighted by Gasteiger charge is 2.16. The highest BCUT2D eigenvalue weighted by atomic mass is 16.6. The molecule has 0 saturated carbocycles. The smallest absolute Gasteiger partial charge is 0.296 e. The maximum Gasteiger partial charge on any atom is 0.296 e. The summed E-state index contributed by atoms with van der Waals surface area (Å²) in [6.07, 6.45) is 2.74. The lowest BCUT2D eigenvalue weighted by Crippen LogP contribution is -2.09. The van der Waals surface area contributed by atoms with E-state index in [1.54, 1.807) is 32.0 Å². The van der Waals surface area contributed by atoms with Crippen LogP contribution in [0.4, 0.5) is 11.4 Å². The van der Waals surface area contributed by atoms with E-state index in [1.807, 2.05) is 0 Å². The number of aryl methyl sites for hydroxylation is 1. The number of nitrogens with zero attached hydrogens (tertiary/aromatic N) is 1. The van der Waals surface area contributed by atoms with Crippen LogP contribution in [0.1, 0.15) is 18.4 Å². The molecule has 0 unspecified atom stereocenters. The topological polar surface area (TPSA) is 94.6 Å². The van der Waals surface area contributed by atoms with Gasteiger partial charge in [0.1, 0.15) is 23.0 Å². The molecule has 1 aromatic carbocycles. The number of hydrogen-bond acceptors (Lipinski definition) is 5. The number of ether oxygens (including phenoxy) is 1. The summed E-state index contributed by atoms with van der Waals surface area (Å²) < 4.78 is 10.5. The monoisotopic (exact) mass is 316 g/mol. The van der Waals surface area contributed by atoms with Gasteiger partial charge < -0.3 is 14.5 Å². The van der Waals surface area contributed by atoms with Crippen molar-refractivity contribution >= 4 is 23.4 Å². The van der Waals surface area contributed by atoms with Crippen LogP contribution in [0.3, 0.4) is 0 Å². The second-order valence-electron chi connectivity index (χ2n) is 4.64. The molecule has 7 nitrogen and oxygen atoms in total. The van der Waals surface area contributed by atoms with E-state index in [9.17, 15) is 14.9 Å². The molecule has 1 N–H and O–H groups in total. The number of hydrogen-bond donors (Lipinski definition) is 1. The Kier molecular flexibility index (Phi) is 5.14. The Morgan fingerprint density at radius 3 is 2.78 bits per heavy atom. The van der Waals surface area contributed by atoms with Crippen LogP contribution in [-0.2, 0) is 4.79 Å². The van der Waals surface area contributed by atoms with E-state index in [2.05, 4.69) is 5.32 Å². The van der Waals surface area contributed by atoms with Crippen molar-refractivity contribution in [2.75, 3.05) is 11.9 Å². The largest absolute Gasteiger partial charge is 0.494 e. The molecule has 23 heavy (non-hydrogen) atoms. The Morgan fingerprint density at radius 2 is 2.17 bits per heavy atom. The van der Waals surface area contributed by atoms with Gasteiger partial charge in [0, 0.05) is 6.08 Å². The van der Waals surface area contributed by atoms with Gasteiger partial charge in [-0.1, -0.05) is 0 Å². The summed E-state index contributed by atoms with van der Waals surface area (Å²) in [6.45, 7) is 3.97. The summed E-state index contributed by atoms with van der Waals surface area (Å²) in [5.41, 5.74) is -0.129. The molecule has 0 atom stereocenters. The van der Waals surface area contributed by atoms with Crippen molar-refractivity contribution in [3.05, 3.63) is 58.0 Å². The fraction of sp³-hybridized carbons (Fsp3) is 0.188. The minimum Gasteiger partial charge on any atom is -0.494 e. The maximum absolute atomic E-state index is 11.9. The predicted octanol–water partition coefficient (Wildman–Crippen LogP) is 3.55. The van der Waals surface area contributed by atoms with E-state index in [0.717, 1.165) is 5.76 Å². The van der Waals surface area contributed by atoms with Crippen molar-refractivity contribution in [3.8, 4) is 5.75 Å². The third-order valence-corrected chi connectivity index (χ3v) is 2.89. The first-order valence-electron chi connectivity index (χ1n) is 6.96. The van der Waals surface area contributed by atoms with Crippen molar-refractivity contribution in [2.24, 2.45) is 0 Å². The van der Waals surface area contributed by atoms with Crippen molar-refractivity contribution in [1.29, 1.82) is 0 Å². The summed E-state index contributed by atoms with van der Waals surface area (Å²) in [6, 6.07) is 7.77. The highest BCUT2D eigenvalue weighted by Crippen LogP contribution is 2.29. The van der Waals surface area contributed by atoms with Gasteiger partial charge in [-0.25, -0.2) is 0 Å². The molecule has 0 aliphatic rings. The lowest BCUT2D eigenvalue weighted by atomic mass is 10.2. The molecule has 120 valence electrons. The third-order valence-electron chi connectivity index (χ3n) is 2.89. The molecule has 0 aliphatic carbocycles. The molecular formula is C16H16N2O5. The molecule has 0 bridgehead atoms. The third kappa shape index (κ3) is 4.44. The summed E-state index contributed by atoms with van der Waals surface area (Å²) >= 11 is 0. The van der Waals surface area contributed by atoms with Crippen molar-refractivity contribution in [3.63, 3.8) is 0 Å². The van der Waals surface area contributed by atoms with Gasteiger partial charge >= 0.3 is 0 Å². The SMILES string of the molecule is CCOc1ccc(NC(=O)C=Cc2ccc(C)o2)c([N+](=O)[O-])c1. The second-order valence-corrected chi connectivity index (χ2v) is 4.64. The first-order valence-corrected chi connectivity index (χ1v) is 6.96. The second kappa shape index (κ2) is 7.26. The van der Waals surface area contributed by atoms with Crippen LogP contribution in [0.5, 0.6) is 5.75 Å². The molecule has 2 aromatic rings. The number of furan rings is 1. The average molecular weight is 316 g/mol. The van der Waals surface area contributed by atoms with Crippen LogP contribution in [0.15, 0.2) is 40.8 Å². The van der Waals surface area contributed by atoms with Crippen molar-refractivity contribution in [2.45, 2.75) is 13.8 Å². The van der Waals surface area contributed by atoms with E-state index >= 15 is 0 Å². The van der Waals surface area contributed by atoms with E-state index < -0.39 is 10.8 Å². The predicted molar refractivity (Wildman–Crippen MR) is 85.4 cm³/mol. The molecule has 1 amide bonds. The van der Waals surface area contributed by atoms with E-state index in [4.69, 9.17) is 9.15 Å². The number of amides is 1. The number of benzene rings is 1. The van der Waals surface area contributed by atoms with Gasteiger partial charge in [-0.3, -0.25) is 14.9 Å². The van der Waals surface area contributed by atoms with Crippen LogP contribution in [0, 0.1) is 17.0 Å². The lowest BCUT2D eigenvalue weighted by molar-refractivity contribution is -0.384. The zero-order valence-corrected chi connectivity index (χ0v) is 12.7. The summed E-state index contributed by atoms with van der Waals surface area (Å²) in [7, 11) is 0. The quantitative estimate of drug-likeness (QED) is 0.499. The minimum atomic E-state index is -0.572. The minimum absolute atomic E-state index is 0.101. The molecular weight excluding hydrogens is 300 g/mol. The zero-order valence-electron chi connectivity index (χ0n) is 12.7. The van der Waals surface area contributed by atoms with E-state index in [1.165, 1.54) is 24.3 Å². The van der Waals surface area contributed by atoms with Gasteiger partial charge in [0.2, 0.25) is 5.91 Å². The van der Waals surface area contributed by atoms with Gasteiger partial charge in [-0.2, -0.15) is 0 Å².